The molecule has 3 atom stereocenters. The molecule has 0 aromatic heterocycles. The van der Waals surface area contributed by atoms with E-state index in [2.05, 4.69) is 0 Å². The fraction of sp³-hybridized carbons (Fsp3) is 0.316. The maximum Gasteiger partial charge on any atom is 0.331 e. The predicted octanol–water partition coefficient (Wildman–Crippen LogP) is 2.63. The standard InChI is InChI=1S/C19H22O4/c20-16(8-4-9-18-10-5-11-19(22)23-18)14-17(21)13-12-15-6-2-1-3-7-15/h1-7,9,11-13,16-18,20-21H,8,10,14H2/t16-,17-,18-/m0/s1. The number of hydrogen-bond acceptors (Lipinski definition) is 4. The highest BCUT2D eigenvalue weighted by Gasteiger charge is 2.13. The fourth-order valence-electron chi connectivity index (χ4n) is 2.28. The van der Waals surface area contributed by atoms with Crippen molar-refractivity contribution in [3.05, 3.63) is 66.3 Å². The minimum Gasteiger partial charge on any atom is -0.455 e. The number of ether oxygens (including phenoxy) is 1. The van der Waals surface area contributed by atoms with Crippen molar-refractivity contribution in [2.24, 2.45) is 0 Å². The number of carbonyl (C=O) groups is 1. The second-order valence-electron chi connectivity index (χ2n) is 5.50. The highest BCUT2D eigenvalue weighted by Crippen LogP contribution is 2.11. The van der Waals surface area contributed by atoms with Crippen molar-refractivity contribution in [1.82, 2.24) is 0 Å². The van der Waals surface area contributed by atoms with Gasteiger partial charge < -0.3 is 14.9 Å². The summed E-state index contributed by atoms with van der Waals surface area (Å²) in [6.45, 7) is 0. The lowest BCUT2D eigenvalue weighted by atomic mass is 10.1. The highest BCUT2D eigenvalue weighted by atomic mass is 16.5. The zero-order chi connectivity index (χ0) is 16.5. The van der Waals surface area contributed by atoms with Crippen LogP contribution >= 0.6 is 0 Å². The molecule has 4 heteroatoms. The van der Waals surface area contributed by atoms with Gasteiger partial charge in [-0.1, -0.05) is 54.6 Å². The molecule has 0 unspecified atom stereocenters. The molecule has 0 spiro atoms. The molecule has 23 heavy (non-hydrogen) atoms. The molecule has 122 valence electrons. The van der Waals surface area contributed by atoms with Crippen LogP contribution in [0.2, 0.25) is 0 Å². The summed E-state index contributed by atoms with van der Waals surface area (Å²) in [5.41, 5.74) is 1.01. The normalized spacial score (nSPS) is 20.8. The Morgan fingerprint density at radius 2 is 2.04 bits per heavy atom. The number of benzene rings is 1. The van der Waals surface area contributed by atoms with Gasteiger partial charge in [-0.25, -0.2) is 4.79 Å². The van der Waals surface area contributed by atoms with Gasteiger partial charge in [-0.3, -0.25) is 0 Å². The molecule has 2 N–H and O–H groups in total. The number of esters is 1. The predicted molar refractivity (Wildman–Crippen MR) is 89.5 cm³/mol. The molecule has 0 aliphatic carbocycles. The monoisotopic (exact) mass is 314 g/mol. The molecule has 0 saturated carbocycles. The number of cyclic esters (lactones) is 1. The first-order valence-electron chi connectivity index (χ1n) is 7.76. The van der Waals surface area contributed by atoms with Crippen LogP contribution in [0.5, 0.6) is 0 Å². The van der Waals surface area contributed by atoms with Crippen LogP contribution in [0.4, 0.5) is 0 Å². The van der Waals surface area contributed by atoms with Gasteiger partial charge in [0.15, 0.2) is 0 Å². The zero-order valence-electron chi connectivity index (χ0n) is 12.9. The maximum absolute atomic E-state index is 11.1. The van der Waals surface area contributed by atoms with E-state index < -0.39 is 12.2 Å². The maximum atomic E-state index is 11.1. The van der Waals surface area contributed by atoms with Crippen molar-refractivity contribution in [2.75, 3.05) is 0 Å². The molecule has 1 heterocycles. The number of hydrogen-bond donors (Lipinski definition) is 2. The quantitative estimate of drug-likeness (QED) is 0.600. The molecular formula is C19H22O4. The van der Waals surface area contributed by atoms with E-state index in [-0.39, 0.29) is 18.5 Å². The minimum atomic E-state index is -0.700. The van der Waals surface area contributed by atoms with E-state index in [4.69, 9.17) is 4.74 Å². The molecule has 1 aliphatic rings. The van der Waals surface area contributed by atoms with Crippen LogP contribution in [-0.2, 0) is 9.53 Å². The summed E-state index contributed by atoms with van der Waals surface area (Å²) >= 11 is 0. The average molecular weight is 314 g/mol. The Labute approximate surface area is 136 Å². The van der Waals surface area contributed by atoms with E-state index in [1.54, 1.807) is 24.3 Å². The van der Waals surface area contributed by atoms with Crippen molar-refractivity contribution >= 4 is 12.0 Å². The van der Waals surface area contributed by atoms with Crippen molar-refractivity contribution < 1.29 is 19.7 Å². The highest BCUT2D eigenvalue weighted by molar-refractivity contribution is 5.82. The summed E-state index contributed by atoms with van der Waals surface area (Å²) in [7, 11) is 0. The number of aliphatic hydroxyl groups is 2. The van der Waals surface area contributed by atoms with Gasteiger partial charge in [-0.15, -0.1) is 0 Å². The van der Waals surface area contributed by atoms with Gasteiger partial charge in [0.25, 0.3) is 0 Å². The Balaban J connectivity index is 1.71. The largest absolute Gasteiger partial charge is 0.455 e. The summed E-state index contributed by atoms with van der Waals surface area (Å²) in [5.74, 6) is -0.340. The first-order chi connectivity index (χ1) is 11.1. The Hall–Kier alpha value is -2.17. The average Bonchev–Trinajstić information content (AvgIpc) is 2.54. The zero-order valence-corrected chi connectivity index (χ0v) is 12.9. The van der Waals surface area contributed by atoms with Gasteiger partial charge in [0, 0.05) is 18.9 Å². The second kappa shape index (κ2) is 9.08. The number of carbonyl (C=O) groups excluding carboxylic acids is 1. The fourth-order valence-corrected chi connectivity index (χ4v) is 2.28. The van der Waals surface area contributed by atoms with Crippen LogP contribution in [0, 0.1) is 0 Å². The summed E-state index contributed by atoms with van der Waals surface area (Å²) in [5, 5.41) is 19.8. The molecule has 4 nitrogen and oxygen atoms in total. The molecule has 1 aromatic rings. The molecule has 2 rings (SSSR count). The van der Waals surface area contributed by atoms with Crippen molar-refractivity contribution in [1.29, 1.82) is 0 Å². The van der Waals surface area contributed by atoms with E-state index in [1.807, 2.05) is 36.4 Å². The van der Waals surface area contributed by atoms with E-state index in [1.165, 1.54) is 6.08 Å². The summed E-state index contributed by atoms with van der Waals surface area (Å²) in [6, 6.07) is 9.69. The third-order valence-corrected chi connectivity index (χ3v) is 3.47. The first kappa shape index (κ1) is 17.2. The van der Waals surface area contributed by atoms with Crippen LogP contribution in [0.25, 0.3) is 6.08 Å². The van der Waals surface area contributed by atoms with Gasteiger partial charge in [-0.2, -0.15) is 0 Å². The van der Waals surface area contributed by atoms with Gasteiger partial charge in [0.1, 0.15) is 6.10 Å². The topological polar surface area (TPSA) is 66.8 Å². The molecule has 0 radical (unpaired) electrons. The Bertz CT molecular complexity index is 574. The van der Waals surface area contributed by atoms with E-state index in [9.17, 15) is 15.0 Å². The van der Waals surface area contributed by atoms with E-state index in [0.717, 1.165) is 5.56 Å². The van der Waals surface area contributed by atoms with E-state index in [0.29, 0.717) is 12.8 Å². The molecule has 1 aliphatic heterocycles. The number of rotatable bonds is 7. The third-order valence-electron chi connectivity index (χ3n) is 3.47. The van der Waals surface area contributed by atoms with Crippen molar-refractivity contribution in [3.8, 4) is 0 Å². The molecule has 0 bridgehead atoms. The molecule has 1 aromatic carbocycles. The first-order valence-corrected chi connectivity index (χ1v) is 7.76. The molecule has 0 amide bonds. The van der Waals surface area contributed by atoms with Gasteiger partial charge in [0.05, 0.1) is 12.2 Å². The lowest BCUT2D eigenvalue weighted by Gasteiger charge is -2.15. The van der Waals surface area contributed by atoms with Crippen LogP contribution < -0.4 is 0 Å². The number of aliphatic hydroxyl groups excluding tert-OH is 2. The lowest BCUT2D eigenvalue weighted by Crippen LogP contribution is -2.18. The Morgan fingerprint density at radius 1 is 1.26 bits per heavy atom. The summed E-state index contributed by atoms with van der Waals surface area (Å²) in [4.78, 5) is 11.1. The molecule has 0 fully saturated rings. The lowest BCUT2D eigenvalue weighted by molar-refractivity contribution is -0.141. The Morgan fingerprint density at radius 3 is 2.78 bits per heavy atom. The molecular weight excluding hydrogens is 292 g/mol. The van der Waals surface area contributed by atoms with E-state index >= 15 is 0 Å². The van der Waals surface area contributed by atoms with Crippen LogP contribution in [0.15, 0.2) is 60.7 Å². The van der Waals surface area contributed by atoms with Gasteiger partial charge in [-0.05, 0) is 18.1 Å². The summed E-state index contributed by atoms with van der Waals surface area (Å²) < 4.78 is 5.08. The minimum absolute atomic E-state index is 0.261. The van der Waals surface area contributed by atoms with Crippen LogP contribution in [-0.4, -0.2) is 34.5 Å². The van der Waals surface area contributed by atoms with Gasteiger partial charge in [0.2, 0.25) is 0 Å². The SMILES string of the molecule is O=C1C=CC[C@H](C=CC[C@H](O)C[C@@H](O)C=Cc2ccccc2)O1. The Kier molecular flexibility index (Phi) is 6.78. The smallest absolute Gasteiger partial charge is 0.331 e. The third kappa shape index (κ3) is 6.63. The van der Waals surface area contributed by atoms with Crippen molar-refractivity contribution in [2.45, 2.75) is 37.6 Å². The molecule has 0 saturated heterocycles. The van der Waals surface area contributed by atoms with Crippen LogP contribution in [0.3, 0.4) is 0 Å². The summed E-state index contributed by atoms with van der Waals surface area (Å²) in [6.07, 6.45) is 9.98. The van der Waals surface area contributed by atoms with Crippen LogP contribution in [0.1, 0.15) is 24.8 Å². The van der Waals surface area contributed by atoms with Gasteiger partial charge >= 0.3 is 5.97 Å². The second-order valence-corrected chi connectivity index (χ2v) is 5.50. The van der Waals surface area contributed by atoms with Crippen molar-refractivity contribution in [3.63, 3.8) is 0 Å².